The van der Waals surface area contributed by atoms with Crippen molar-refractivity contribution in [3.63, 3.8) is 0 Å². The summed E-state index contributed by atoms with van der Waals surface area (Å²) in [5, 5.41) is 0. The first kappa shape index (κ1) is 25.0. The number of carbonyl (C=O) groups is 3. The van der Waals surface area contributed by atoms with Crippen LogP contribution in [-0.4, -0.2) is 29.9 Å². The van der Waals surface area contributed by atoms with Crippen molar-refractivity contribution < 1.29 is 28.3 Å². The zero-order chi connectivity index (χ0) is 26.3. The van der Waals surface area contributed by atoms with Gasteiger partial charge in [0.15, 0.2) is 5.78 Å². The summed E-state index contributed by atoms with van der Waals surface area (Å²) in [6, 6.07) is 2.04. The van der Waals surface area contributed by atoms with Gasteiger partial charge in [0.1, 0.15) is 12.2 Å². The number of carbonyl (C=O) groups excluding carboxylic acids is 3. The fourth-order valence-electron chi connectivity index (χ4n) is 9.09. The highest BCUT2D eigenvalue weighted by atomic mass is 16.6. The van der Waals surface area contributed by atoms with Crippen LogP contribution in [0.4, 0.5) is 0 Å². The molecule has 0 spiro atoms. The molecule has 0 amide bonds. The van der Waals surface area contributed by atoms with Crippen molar-refractivity contribution in [3.8, 4) is 0 Å². The molecule has 6 heteroatoms. The minimum Gasteiger partial charge on any atom is -0.472 e. The number of hydrogen-bond donors (Lipinski definition) is 0. The van der Waals surface area contributed by atoms with Gasteiger partial charge in [-0.3, -0.25) is 14.4 Å². The van der Waals surface area contributed by atoms with E-state index in [-0.39, 0.29) is 29.0 Å². The minimum atomic E-state index is -0.784. The smallest absolute Gasteiger partial charge is 0.303 e. The minimum absolute atomic E-state index is 0.00746. The lowest BCUT2D eigenvalue weighted by molar-refractivity contribution is -0.237. The number of rotatable bonds is 3. The average molecular weight is 495 g/mol. The maximum Gasteiger partial charge on any atom is 0.303 e. The van der Waals surface area contributed by atoms with Crippen LogP contribution in [0.1, 0.15) is 79.2 Å². The van der Waals surface area contributed by atoms with Crippen molar-refractivity contribution in [3.05, 3.63) is 48.0 Å². The van der Waals surface area contributed by atoms with Crippen LogP contribution in [0.5, 0.6) is 0 Å². The molecule has 194 valence electrons. The van der Waals surface area contributed by atoms with Gasteiger partial charge in [-0.1, -0.05) is 52.3 Å². The largest absolute Gasteiger partial charge is 0.472 e. The molecule has 4 aliphatic rings. The molecule has 36 heavy (non-hydrogen) atoms. The Labute approximate surface area is 213 Å². The van der Waals surface area contributed by atoms with E-state index < -0.39 is 40.4 Å². The predicted molar refractivity (Wildman–Crippen MR) is 134 cm³/mol. The van der Waals surface area contributed by atoms with Crippen LogP contribution in [0.15, 0.2) is 46.8 Å². The van der Waals surface area contributed by atoms with Crippen molar-refractivity contribution in [2.24, 2.45) is 33.5 Å². The van der Waals surface area contributed by atoms with Crippen LogP contribution in [0.3, 0.4) is 0 Å². The number of fused-ring (bicyclic) bond motifs is 5. The molecule has 1 aromatic rings. The van der Waals surface area contributed by atoms with E-state index in [4.69, 9.17) is 13.9 Å². The van der Waals surface area contributed by atoms with Crippen LogP contribution >= 0.6 is 0 Å². The second-order valence-corrected chi connectivity index (χ2v) is 12.6. The molecule has 1 aromatic heterocycles. The number of ketones is 1. The molecular formula is C30H38O6. The van der Waals surface area contributed by atoms with Gasteiger partial charge >= 0.3 is 11.9 Å². The molecule has 5 rings (SSSR count). The molecule has 0 aromatic carbocycles. The van der Waals surface area contributed by atoms with Crippen molar-refractivity contribution >= 4 is 17.7 Å². The number of ether oxygens (including phenoxy) is 2. The lowest BCUT2D eigenvalue weighted by Crippen LogP contribution is -2.70. The summed E-state index contributed by atoms with van der Waals surface area (Å²) in [7, 11) is 0. The van der Waals surface area contributed by atoms with Gasteiger partial charge in [-0.25, -0.2) is 0 Å². The van der Waals surface area contributed by atoms with Gasteiger partial charge in [0.05, 0.1) is 12.5 Å². The van der Waals surface area contributed by atoms with E-state index in [2.05, 4.69) is 32.9 Å². The van der Waals surface area contributed by atoms with Gasteiger partial charge in [-0.15, -0.1) is 0 Å². The van der Waals surface area contributed by atoms with Crippen molar-refractivity contribution in [2.75, 3.05) is 0 Å². The fraction of sp³-hybridized carbons (Fsp3) is 0.633. The van der Waals surface area contributed by atoms with Crippen molar-refractivity contribution in [1.29, 1.82) is 0 Å². The Morgan fingerprint density at radius 2 is 1.75 bits per heavy atom. The standard InChI is InChI=1S/C30H38O6/c1-17(31)35-24-25-27(3,4)23(33)11-14-29(25,6)22-10-13-28(5)20(19-12-15-34-16-19)8-9-21(28)30(22,7)26(24)36-18(2)32/h9,11-12,14-16,20,22,24-26H,8,10,13H2,1-7H3/t20-,22+,24+,25+,26+,28-,29+,30-/m0/s1. The van der Waals surface area contributed by atoms with Crippen LogP contribution in [0, 0.1) is 33.5 Å². The van der Waals surface area contributed by atoms with Gasteiger partial charge in [-0.05, 0) is 59.6 Å². The second kappa shape index (κ2) is 7.93. The van der Waals surface area contributed by atoms with Gasteiger partial charge < -0.3 is 13.9 Å². The highest BCUT2D eigenvalue weighted by molar-refractivity contribution is 5.96. The Kier molecular flexibility index (Phi) is 5.52. The predicted octanol–water partition coefficient (Wildman–Crippen LogP) is 5.78. The Morgan fingerprint density at radius 1 is 1.06 bits per heavy atom. The van der Waals surface area contributed by atoms with E-state index >= 15 is 0 Å². The number of esters is 2. The zero-order valence-corrected chi connectivity index (χ0v) is 22.4. The van der Waals surface area contributed by atoms with Crippen molar-refractivity contribution in [2.45, 2.75) is 85.9 Å². The first-order valence-corrected chi connectivity index (χ1v) is 13.1. The highest BCUT2D eigenvalue weighted by Crippen LogP contribution is 2.73. The van der Waals surface area contributed by atoms with Crippen LogP contribution < -0.4 is 0 Å². The summed E-state index contributed by atoms with van der Waals surface area (Å²) in [5.41, 5.74) is 0.496. The summed E-state index contributed by atoms with van der Waals surface area (Å²) in [5.74, 6) is -0.808. The summed E-state index contributed by atoms with van der Waals surface area (Å²) in [6.45, 7) is 13.4. The van der Waals surface area contributed by atoms with Gasteiger partial charge in [0.25, 0.3) is 0 Å². The summed E-state index contributed by atoms with van der Waals surface area (Å²) in [6.07, 6.45) is 11.0. The Hall–Kier alpha value is -2.63. The second-order valence-electron chi connectivity index (χ2n) is 12.6. The lowest BCUT2D eigenvalue weighted by atomic mass is 9.37. The summed E-state index contributed by atoms with van der Waals surface area (Å²) in [4.78, 5) is 38.2. The Bertz CT molecular complexity index is 1160. The maximum atomic E-state index is 13.2. The third kappa shape index (κ3) is 3.18. The normalized spacial score (nSPS) is 42.6. The molecule has 2 saturated carbocycles. The number of allylic oxidation sites excluding steroid dienone is 3. The first-order chi connectivity index (χ1) is 16.8. The molecule has 8 atom stereocenters. The molecule has 6 nitrogen and oxygen atoms in total. The topological polar surface area (TPSA) is 82.8 Å². The zero-order valence-electron chi connectivity index (χ0n) is 22.4. The Morgan fingerprint density at radius 3 is 2.36 bits per heavy atom. The van der Waals surface area contributed by atoms with E-state index in [1.165, 1.54) is 25.0 Å². The van der Waals surface area contributed by atoms with E-state index in [1.54, 1.807) is 12.3 Å². The quantitative estimate of drug-likeness (QED) is 0.391. The molecule has 0 N–H and O–H groups in total. The van der Waals surface area contributed by atoms with E-state index in [9.17, 15) is 14.4 Å². The summed E-state index contributed by atoms with van der Waals surface area (Å²) >= 11 is 0. The number of furan rings is 1. The molecule has 0 unspecified atom stereocenters. The molecule has 0 saturated heterocycles. The van der Waals surface area contributed by atoms with Gasteiger partial charge in [0, 0.05) is 30.6 Å². The van der Waals surface area contributed by atoms with E-state index in [0.29, 0.717) is 0 Å². The summed E-state index contributed by atoms with van der Waals surface area (Å²) < 4.78 is 17.7. The molecule has 0 radical (unpaired) electrons. The van der Waals surface area contributed by atoms with Crippen LogP contribution in [0.2, 0.25) is 0 Å². The maximum absolute atomic E-state index is 13.2. The van der Waals surface area contributed by atoms with Crippen LogP contribution in [-0.2, 0) is 23.9 Å². The molecule has 1 heterocycles. The molecule has 0 bridgehead atoms. The third-order valence-corrected chi connectivity index (χ3v) is 10.4. The monoisotopic (exact) mass is 494 g/mol. The fourth-order valence-corrected chi connectivity index (χ4v) is 9.09. The Balaban J connectivity index is 1.73. The molecule has 2 fully saturated rings. The lowest BCUT2D eigenvalue weighted by Gasteiger charge is -2.67. The SMILES string of the molecule is CC(=O)O[C@@H]1[C@@H]2C(C)(C)C(=O)C=C[C@]2(C)[C@H]2CC[C@]3(C)C(=CC[C@H]3c3ccoc3)[C@]2(C)[C@@H]1OC(C)=O. The molecular weight excluding hydrogens is 456 g/mol. The molecule has 4 aliphatic carbocycles. The molecule has 0 aliphatic heterocycles. The van der Waals surface area contributed by atoms with E-state index in [1.807, 2.05) is 26.2 Å². The van der Waals surface area contributed by atoms with Gasteiger partial charge in [-0.2, -0.15) is 0 Å². The van der Waals surface area contributed by atoms with Gasteiger partial charge in [0.2, 0.25) is 0 Å². The van der Waals surface area contributed by atoms with Crippen molar-refractivity contribution in [1.82, 2.24) is 0 Å². The average Bonchev–Trinajstić information content (AvgIpc) is 3.41. The van der Waals surface area contributed by atoms with E-state index in [0.717, 1.165) is 19.3 Å². The highest BCUT2D eigenvalue weighted by Gasteiger charge is 2.72. The number of hydrogen-bond acceptors (Lipinski definition) is 6. The van der Waals surface area contributed by atoms with Crippen LogP contribution in [0.25, 0.3) is 0 Å². The first-order valence-electron chi connectivity index (χ1n) is 13.1. The third-order valence-electron chi connectivity index (χ3n) is 10.4.